The molecule has 0 aromatic heterocycles. The number of allylic oxidation sites excluding steroid dienone is 2. The largest absolute Gasteiger partial charge is 0.383 e. The van der Waals surface area contributed by atoms with Crippen LogP contribution in [0.25, 0.3) is 0 Å². The van der Waals surface area contributed by atoms with Crippen molar-refractivity contribution in [3.05, 3.63) is 11.8 Å². The van der Waals surface area contributed by atoms with Gasteiger partial charge in [0.05, 0.1) is 0 Å². The smallest absolute Gasteiger partial charge is 0.157 e. The van der Waals surface area contributed by atoms with E-state index in [0.29, 0.717) is 12.0 Å². The van der Waals surface area contributed by atoms with Crippen molar-refractivity contribution in [2.24, 2.45) is 0 Å². The van der Waals surface area contributed by atoms with Crippen LogP contribution in [0.3, 0.4) is 0 Å². The molecule has 2 aliphatic carbocycles. The van der Waals surface area contributed by atoms with Gasteiger partial charge in [0.25, 0.3) is 0 Å². The highest BCUT2D eigenvalue weighted by Gasteiger charge is 2.35. The first-order valence-corrected chi connectivity index (χ1v) is 5.26. The summed E-state index contributed by atoms with van der Waals surface area (Å²) in [5.41, 5.74) is 1.52. The zero-order chi connectivity index (χ0) is 9.31. The van der Waals surface area contributed by atoms with Crippen LogP contribution in [0.15, 0.2) is 11.8 Å². The van der Waals surface area contributed by atoms with Gasteiger partial charge in [0.15, 0.2) is 5.78 Å². The van der Waals surface area contributed by atoms with E-state index < -0.39 is 0 Å². The maximum Gasteiger partial charge on any atom is 0.157 e. The average molecular weight is 179 g/mol. The molecule has 0 heterocycles. The molecule has 0 aromatic carbocycles. The van der Waals surface area contributed by atoms with Gasteiger partial charge in [-0.25, -0.2) is 0 Å². The molecule has 0 saturated heterocycles. The van der Waals surface area contributed by atoms with Crippen molar-refractivity contribution in [2.75, 3.05) is 0 Å². The van der Waals surface area contributed by atoms with Crippen molar-refractivity contribution in [3.63, 3.8) is 0 Å². The summed E-state index contributed by atoms with van der Waals surface area (Å²) in [6, 6.07) is 0. The van der Waals surface area contributed by atoms with Gasteiger partial charge in [0.2, 0.25) is 0 Å². The SMILES string of the molecule is CCC1(NC2=CC(=O)CC2)CCC1. The predicted molar refractivity (Wildman–Crippen MR) is 52.3 cm³/mol. The maximum atomic E-state index is 11.0. The van der Waals surface area contributed by atoms with Crippen molar-refractivity contribution in [2.45, 2.75) is 51.0 Å². The fraction of sp³-hybridized carbons (Fsp3) is 0.727. The minimum Gasteiger partial charge on any atom is -0.383 e. The van der Waals surface area contributed by atoms with Crippen molar-refractivity contribution in [1.29, 1.82) is 0 Å². The molecule has 0 radical (unpaired) electrons. The molecule has 0 aliphatic heterocycles. The molecule has 2 heteroatoms. The Labute approximate surface area is 79.4 Å². The Morgan fingerprint density at radius 2 is 2.23 bits per heavy atom. The zero-order valence-corrected chi connectivity index (χ0v) is 8.23. The van der Waals surface area contributed by atoms with Crippen LogP contribution in [-0.4, -0.2) is 11.3 Å². The topological polar surface area (TPSA) is 29.1 Å². The van der Waals surface area contributed by atoms with Gasteiger partial charge in [0.1, 0.15) is 0 Å². The number of hydrogen-bond acceptors (Lipinski definition) is 2. The number of carbonyl (C=O) groups excluding carboxylic acids is 1. The normalized spacial score (nSPS) is 25.3. The summed E-state index contributed by atoms with van der Waals surface area (Å²) in [6.45, 7) is 2.23. The molecule has 0 unspecified atom stereocenters. The molecule has 72 valence electrons. The first-order valence-electron chi connectivity index (χ1n) is 5.26. The summed E-state index contributed by atoms with van der Waals surface area (Å²) in [5.74, 6) is 0.285. The van der Waals surface area contributed by atoms with Crippen LogP contribution < -0.4 is 5.32 Å². The lowest BCUT2D eigenvalue weighted by molar-refractivity contribution is -0.114. The lowest BCUT2D eigenvalue weighted by Crippen LogP contribution is -2.49. The van der Waals surface area contributed by atoms with Crippen LogP contribution in [0.4, 0.5) is 0 Å². The van der Waals surface area contributed by atoms with Gasteiger partial charge in [-0.05, 0) is 32.1 Å². The van der Waals surface area contributed by atoms with E-state index in [1.54, 1.807) is 6.08 Å². The second-order valence-corrected chi connectivity index (χ2v) is 4.25. The molecule has 2 rings (SSSR count). The summed E-state index contributed by atoms with van der Waals surface area (Å²) in [7, 11) is 0. The first-order chi connectivity index (χ1) is 6.24. The van der Waals surface area contributed by atoms with Crippen molar-refractivity contribution in [3.8, 4) is 0 Å². The van der Waals surface area contributed by atoms with Gasteiger partial charge in [-0.3, -0.25) is 4.79 Å². The lowest BCUT2D eigenvalue weighted by Gasteiger charge is -2.43. The Bertz CT molecular complexity index is 245. The average Bonchev–Trinajstić information content (AvgIpc) is 2.44. The van der Waals surface area contributed by atoms with E-state index in [9.17, 15) is 4.79 Å². The minimum atomic E-state index is 0.285. The number of hydrogen-bond donors (Lipinski definition) is 1. The van der Waals surface area contributed by atoms with E-state index in [2.05, 4.69) is 12.2 Å². The third-order valence-corrected chi connectivity index (χ3v) is 3.39. The highest BCUT2D eigenvalue weighted by molar-refractivity contribution is 5.92. The number of carbonyl (C=O) groups is 1. The summed E-state index contributed by atoms with van der Waals surface area (Å²) in [4.78, 5) is 11.0. The van der Waals surface area contributed by atoms with E-state index in [4.69, 9.17) is 0 Å². The van der Waals surface area contributed by atoms with Gasteiger partial charge in [0, 0.05) is 23.7 Å². The fourth-order valence-corrected chi connectivity index (χ4v) is 2.21. The Morgan fingerprint density at radius 1 is 1.46 bits per heavy atom. The molecule has 13 heavy (non-hydrogen) atoms. The van der Waals surface area contributed by atoms with Gasteiger partial charge < -0.3 is 5.32 Å². The lowest BCUT2D eigenvalue weighted by atomic mass is 9.74. The molecule has 0 spiro atoms. The summed E-state index contributed by atoms with van der Waals surface area (Å²) in [6.07, 6.45) is 8.49. The second-order valence-electron chi connectivity index (χ2n) is 4.25. The van der Waals surface area contributed by atoms with Crippen LogP contribution in [0.2, 0.25) is 0 Å². The molecule has 1 fully saturated rings. The Balaban J connectivity index is 1.96. The van der Waals surface area contributed by atoms with Gasteiger partial charge >= 0.3 is 0 Å². The monoisotopic (exact) mass is 179 g/mol. The predicted octanol–water partition coefficient (Wildman–Crippen LogP) is 2.16. The van der Waals surface area contributed by atoms with Crippen LogP contribution in [0, 0.1) is 0 Å². The van der Waals surface area contributed by atoms with E-state index in [1.165, 1.54) is 31.4 Å². The van der Waals surface area contributed by atoms with E-state index in [1.807, 2.05) is 0 Å². The number of rotatable bonds is 3. The van der Waals surface area contributed by atoms with Crippen molar-refractivity contribution < 1.29 is 4.79 Å². The molecule has 1 N–H and O–H groups in total. The van der Waals surface area contributed by atoms with Crippen LogP contribution in [0.5, 0.6) is 0 Å². The molecule has 0 bridgehead atoms. The molecule has 0 aromatic rings. The molecular formula is C11H17NO. The van der Waals surface area contributed by atoms with Crippen molar-refractivity contribution >= 4 is 5.78 Å². The molecule has 2 nitrogen and oxygen atoms in total. The third kappa shape index (κ3) is 1.62. The van der Waals surface area contributed by atoms with Crippen molar-refractivity contribution in [1.82, 2.24) is 5.32 Å². The van der Waals surface area contributed by atoms with Gasteiger partial charge in [-0.1, -0.05) is 6.92 Å². The highest BCUT2D eigenvalue weighted by Crippen LogP contribution is 2.36. The number of nitrogens with one attached hydrogen (secondary N) is 1. The Kier molecular flexibility index (Phi) is 2.14. The Hall–Kier alpha value is -0.790. The zero-order valence-electron chi connectivity index (χ0n) is 8.23. The molecule has 2 aliphatic rings. The van der Waals surface area contributed by atoms with E-state index in [0.717, 1.165) is 6.42 Å². The molecule has 0 atom stereocenters. The molecular weight excluding hydrogens is 162 g/mol. The van der Waals surface area contributed by atoms with Gasteiger partial charge in [-0.15, -0.1) is 0 Å². The van der Waals surface area contributed by atoms with Crippen LogP contribution in [0.1, 0.15) is 45.4 Å². The maximum absolute atomic E-state index is 11.0. The first kappa shape index (κ1) is 8.79. The van der Waals surface area contributed by atoms with Crippen LogP contribution in [-0.2, 0) is 4.79 Å². The number of ketones is 1. The van der Waals surface area contributed by atoms with E-state index in [-0.39, 0.29) is 5.78 Å². The standard InChI is InChI=1S/C11H17NO/c1-2-11(6-3-7-11)12-9-4-5-10(13)8-9/h8,12H,2-7H2,1H3. The molecule has 1 saturated carbocycles. The second kappa shape index (κ2) is 3.17. The highest BCUT2D eigenvalue weighted by atomic mass is 16.1. The molecule has 0 amide bonds. The summed E-state index contributed by atoms with van der Waals surface area (Å²) in [5, 5.41) is 3.55. The van der Waals surface area contributed by atoms with Crippen LogP contribution >= 0.6 is 0 Å². The summed E-state index contributed by atoms with van der Waals surface area (Å²) >= 11 is 0. The van der Waals surface area contributed by atoms with Gasteiger partial charge in [-0.2, -0.15) is 0 Å². The third-order valence-electron chi connectivity index (χ3n) is 3.39. The summed E-state index contributed by atoms with van der Waals surface area (Å²) < 4.78 is 0. The quantitative estimate of drug-likeness (QED) is 0.719. The minimum absolute atomic E-state index is 0.285. The Morgan fingerprint density at radius 3 is 2.62 bits per heavy atom. The van der Waals surface area contributed by atoms with E-state index >= 15 is 0 Å². The fourth-order valence-electron chi connectivity index (χ4n) is 2.21.